The van der Waals surface area contributed by atoms with Crippen LogP contribution in [0.1, 0.15) is 29.3 Å². The first-order valence-corrected chi connectivity index (χ1v) is 12.5. The molecule has 4 aromatic rings. The Labute approximate surface area is 220 Å². The van der Waals surface area contributed by atoms with Gasteiger partial charge < -0.3 is 23.7 Å². The van der Waals surface area contributed by atoms with Gasteiger partial charge in [-0.15, -0.1) is 0 Å². The molecule has 1 aromatic heterocycles. The Morgan fingerprint density at radius 3 is 2.08 bits per heavy atom. The highest BCUT2D eigenvalue weighted by Gasteiger charge is 2.46. The Morgan fingerprint density at radius 2 is 1.47 bits per heavy atom. The highest BCUT2D eigenvalue weighted by molar-refractivity contribution is 5.49. The van der Waals surface area contributed by atoms with Gasteiger partial charge in [-0.05, 0) is 41.0 Å². The molecule has 3 aromatic carbocycles. The van der Waals surface area contributed by atoms with Crippen molar-refractivity contribution in [3.05, 3.63) is 118 Å². The van der Waals surface area contributed by atoms with Crippen LogP contribution in [-0.2, 0) is 15.1 Å². The quantitative estimate of drug-likeness (QED) is 0.325. The number of nitrogens with zero attached hydrogens (tertiary/aromatic N) is 2. The molecule has 3 atom stereocenters. The molecule has 8 heteroatoms. The maximum atomic E-state index is 11.6. The molecule has 2 aliphatic rings. The summed E-state index contributed by atoms with van der Waals surface area (Å²) in [6.45, 7) is 0.312. The minimum absolute atomic E-state index is 0.225. The first kappa shape index (κ1) is 24.2. The second-order valence-electron chi connectivity index (χ2n) is 9.31. The smallest absolute Gasteiger partial charge is 0.302 e. The Balaban J connectivity index is 1.37. The van der Waals surface area contributed by atoms with Gasteiger partial charge in [0.1, 0.15) is 23.2 Å². The number of rotatable bonds is 8. The lowest BCUT2D eigenvalue weighted by Crippen LogP contribution is -2.36. The van der Waals surface area contributed by atoms with Gasteiger partial charge in [0.05, 0.1) is 26.9 Å². The summed E-state index contributed by atoms with van der Waals surface area (Å²) in [7, 11) is 3.30. The first-order valence-electron chi connectivity index (χ1n) is 12.5. The molecule has 6 rings (SSSR count). The predicted molar refractivity (Wildman–Crippen MR) is 140 cm³/mol. The van der Waals surface area contributed by atoms with Gasteiger partial charge in [0, 0.05) is 18.7 Å². The molecule has 2 aliphatic heterocycles. The van der Waals surface area contributed by atoms with Crippen LogP contribution in [0.25, 0.3) is 0 Å². The summed E-state index contributed by atoms with van der Waals surface area (Å²) in [5.41, 5.74) is 1.64. The minimum atomic E-state index is -0.925. The number of methoxy groups -OCH3 is 2. The maximum Gasteiger partial charge on any atom is 0.302 e. The molecule has 0 bridgehead atoms. The second-order valence-corrected chi connectivity index (χ2v) is 9.31. The average molecular weight is 513 g/mol. The Morgan fingerprint density at radius 1 is 0.868 bits per heavy atom. The van der Waals surface area contributed by atoms with Crippen molar-refractivity contribution < 1.29 is 23.7 Å². The Hall–Kier alpha value is -4.14. The Bertz CT molecular complexity index is 1410. The van der Waals surface area contributed by atoms with Crippen molar-refractivity contribution in [1.82, 2.24) is 9.55 Å². The van der Waals surface area contributed by atoms with Crippen LogP contribution in [0.2, 0.25) is 0 Å². The molecule has 0 amide bonds. The van der Waals surface area contributed by atoms with Crippen molar-refractivity contribution in [2.45, 2.75) is 30.5 Å². The molecular formula is C30H28N2O6. The monoisotopic (exact) mass is 512 g/mol. The maximum absolute atomic E-state index is 11.6. The van der Waals surface area contributed by atoms with E-state index in [1.165, 1.54) is 6.07 Å². The van der Waals surface area contributed by atoms with Crippen molar-refractivity contribution in [2.24, 2.45) is 0 Å². The third-order valence-corrected chi connectivity index (χ3v) is 7.14. The summed E-state index contributed by atoms with van der Waals surface area (Å²) in [5, 5.41) is 0. The topological polar surface area (TPSA) is 81.0 Å². The van der Waals surface area contributed by atoms with Gasteiger partial charge >= 0.3 is 6.01 Å². The molecule has 1 fully saturated rings. The number of hydrogen-bond acceptors (Lipinski definition) is 7. The molecule has 194 valence electrons. The van der Waals surface area contributed by atoms with Crippen LogP contribution in [0.4, 0.5) is 0 Å². The first-order chi connectivity index (χ1) is 18.6. The number of fused-ring (bicyclic) bond motifs is 3. The van der Waals surface area contributed by atoms with Crippen molar-refractivity contribution >= 4 is 0 Å². The van der Waals surface area contributed by atoms with E-state index in [4.69, 9.17) is 23.7 Å². The zero-order valence-corrected chi connectivity index (χ0v) is 21.2. The SMILES string of the molecule is COc1ccc(C(OCC2CC3Oc4nc(=O)ccn4C3O2)(c2ccccc2)c2ccc(OC)cc2)cc1. The van der Waals surface area contributed by atoms with E-state index in [2.05, 4.69) is 17.1 Å². The molecule has 0 radical (unpaired) electrons. The number of ether oxygens (including phenoxy) is 5. The summed E-state index contributed by atoms with van der Waals surface area (Å²) < 4.78 is 31.9. The Kier molecular flexibility index (Phi) is 6.35. The molecule has 1 saturated heterocycles. The molecule has 0 saturated carbocycles. The standard InChI is InChI=1S/C30H28N2O6/c1-34-23-12-8-21(9-13-23)30(20-6-4-3-5-7-20,22-10-14-24(35-2)15-11-22)36-19-25-18-26-28(37-25)32-17-16-27(33)31-29(32)38-26/h3-17,25-26,28H,18-19H2,1-2H3. The lowest BCUT2D eigenvalue weighted by molar-refractivity contribution is -0.0766. The van der Waals surface area contributed by atoms with Crippen molar-refractivity contribution in [1.29, 1.82) is 0 Å². The van der Waals surface area contributed by atoms with Gasteiger partial charge in [0.2, 0.25) is 0 Å². The van der Waals surface area contributed by atoms with Crippen LogP contribution in [0, 0.1) is 0 Å². The van der Waals surface area contributed by atoms with Gasteiger partial charge in [-0.2, -0.15) is 4.98 Å². The summed E-state index contributed by atoms with van der Waals surface area (Å²) in [4.78, 5) is 15.6. The molecule has 38 heavy (non-hydrogen) atoms. The van der Waals surface area contributed by atoms with Crippen LogP contribution >= 0.6 is 0 Å². The summed E-state index contributed by atoms with van der Waals surface area (Å²) >= 11 is 0. The highest BCUT2D eigenvalue weighted by atomic mass is 16.6. The fourth-order valence-corrected chi connectivity index (χ4v) is 5.28. The van der Waals surface area contributed by atoms with E-state index < -0.39 is 5.60 Å². The second kappa shape index (κ2) is 9.96. The fourth-order valence-electron chi connectivity index (χ4n) is 5.28. The number of aromatic nitrogens is 2. The van der Waals surface area contributed by atoms with Gasteiger partial charge in [0.25, 0.3) is 5.56 Å². The molecule has 0 spiro atoms. The zero-order valence-electron chi connectivity index (χ0n) is 21.2. The van der Waals surface area contributed by atoms with Gasteiger partial charge in [-0.3, -0.25) is 9.36 Å². The molecule has 0 aliphatic carbocycles. The van der Waals surface area contributed by atoms with Gasteiger partial charge in [-0.1, -0.05) is 54.6 Å². The largest absolute Gasteiger partial charge is 0.497 e. The minimum Gasteiger partial charge on any atom is -0.497 e. The van der Waals surface area contributed by atoms with E-state index >= 15 is 0 Å². The average Bonchev–Trinajstić information content (AvgIpc) is 3.51. The highest BCUT2D eigenvalue weighted by Crippen LogP contribution is 2.44. The van der Waals surface area contributed by atoms with Crippen LogP contribution in [0.15, 0.2) is 95.9 Å². The van der Waals surface area contributed by atoms with Crippen molar-refractivity contribution in [2.75, 3.05) is 20.8 Å². The van der Waals surface area contributed by atoms with E-state index in [1.807, 2.05) is 66.7 Å². The summed E-state index contributed by atoms with van der Waals surface area (Å²) in [6.07, 6.45) is 1.47. The van der Waals surface area contributed by atoms with E-state index in [9.17, 15) is 4.79 Å². The number of hydrogen-bond donors (Lipinski definition) is 0. The molecular weight excluding hydrogens is 484 g/mol. The van der Waals surface area contributed by atoms with Crippen LogP contribution in [0.5, 0.6) is 17.5 Å². The molecule has 3 heterocycles. The molecule has 0 N–H and O–H groups in total. The third-order valence-electron chi connectivity index (χ3n) is 7.14. The van der Waals surface area contributed by atoms with Gasteiger partial charge in [0.15, 0.2) is 6.23 Å². The number of benzene rings is 3. The lowest BCUT2D eigenvalue weighted by Gasteiger charge is -2.37. The predicted octanol–water partition coefficient (Wildman–Crippen LogP) is 4.32. The lowest BCUT2D eigenvalue weighted by atomic mass is 9.80. The van der Waals surface area contributed by atoms with Crippen LogP contribution in [-0.4, -0.2) is 42.6 Å². The van der Waals surface area contributed by atoms with Gasteiger partial charge in [-0.25, -0.2) is 0 Å². The van der Waals surface area contributed by atoms with E-state index in [-0.39, 0.29) is 24.0 Å². The third kappa shape index (κ3) is 4.21. The normalized spacial score (nSPS) is 19.9. The molecule has 8 nitrogen and oxygen atoms in total. The van der Waals surface area contributed by atoms with Crippen molar-refractivity contribution in [3.63, 3.8) is 0 Å². The van der Waals surface area contributed by atoms with E-state index in [0.29, 0.717) is 19.0 Å². The molecule has 3 unspecified atom stereocenters. The van der Waals surface area contributed by atoms with E-state index in [1.54, 1.807) is 25.0 Å². The summed E-state index contributed by atoms with van der Waals surface area (Å²) in [5.74, 6) is 1.53. The van der Waals surface area contributed by atoms with E-state index in [0.717, 1.165) is 28.2 Å². The zero-order chi connectivity index (χ0) is 26.1. The van der Waals surface area contributed by atoms with Crippen molar-refractivity contribution in [3.8, 4) is 17.5 Å². The summed E-state index contributed by atoms with van der Waals surface area (Å²) in [6, 6.07) is 27.7. The fraction of sp³-hybridized carbons (Fsp3) is 0.267. The van der Waals surface area contributed by atoms with Crippen LogP contribution in [0.3, 0.4) is 0 Å². The van der Waals surface area contributed by atoms with Crippen LogP contribution < -0.4 is 19.8 Å².